The van der Waals surface area contributed by atoms with Gasteiger partial charge in [-0.05, 0) is 51.1 Å². The summed E-state index contributed by atoms with van der Waals surface area (Å²) in [5.41, 5.74) is 1.31. The minimum atomic E-state index is 0.371. The SMILES string of the molecule is CNC(CN1CCCCC1C)c1cccc(OC)c1. The minimum Gasteiger partial charge on any atom is -0.497 e. The van der Waals surface area contributed by atoms with Crippen molar-refractivity contribution in [1.29, 1.82) is 0 Å². The van der Waals surface area contributed by atoms with Gasteiger partial charge in [-0.1, -0.05) is 18.6 Å². The van der Waals surface area contributed by atoms with Crippen molar-refractivity contribution in [2.45, 2.75) is 38.3 Å². The van der Waals surface area contributed by atoms with Gasteiger partial charge in [-0.2, -0.15) is 0 Å². The van der Waals surface area contributed by atoms with E-state index in [0.717, 1.165) is 12.3 Å². The average molecular weight is 262 g/mol. The van der Waals surface area contributed by atoms with Gasteiger partial charge in [0, 0.05) is 18.6 Å². The van der Waals surface area contributed by atoms with Crippen LogP contribution < -0.4 is 10.1 Å². The zero-order chi connectivity index (χ0) is 13.7. The lowest BCUT2D eigenvalue weighted by molar-refractivity contribution is 0.146. The van der Waals surface area contributed by atoms with Crippen LogP contribution in [0.2, 0.25) is 0 Å². The molecule has 2 atom stereocenters. The number of rotatable bonds is 5. The van der Waals surface area contributed by atoms with Gasteiger partial charge in [0.25, 0.3) is 0 Å². The van der Waals surface area contributed by atoms with Crippen molar-refractivity contribution in [2.75, 3.05) is 27.2 Å². The Hall–Kier alpha value is -1.06. The molecule has 2 unspecified atom stereocenters. The predicted octanol–water partition coefficient (Wildman–Crippen LogP) is 2.83. The van der Waals surface area contributed by atoms with Crippen LogP contribution in [0.3, 0.4) is 0 Å². The summed E-state index contributed by atoms with van der Waals surface area (Å²) < 4.78 is 5.32. The van der Waals surface area contributed by atoms with E-state index in [4.69, 9.17) is 4.74 Å². The Morgan fingerprint density at radius 3 is 2.95 bits per heavy atom. The lowest BCUT2D eigenvalue weighted by Crippen LogP contribution is -2.42. The van der Waals surface area contributed by atoms with Crippen LogP contribution in [0.5, 0.6) is 5.75 Å². The molecular formula is C16H26N2O. The molecule has 19 heavy (non-hydrogen) atoms. The Morgan fingerprint density at radius 1 is 1.42 bits per heavy atom. The number of nitrogens with zero attached hydrogens (tertiary/aromatic N) is 1. The fourth-order valence-corrected chi connectivity index (χ4v) is 2.88. The normalized spacial score (nSPS) is 22.2. The second kappa shape index (κ2) is 6.92. The van der Waals surface area contributed by atoms with Crippen molar-refractivity contribution in [3.8, 4) is 5.75 Å². The molecule has 0 radical (unpaired) electrons. The highest BCUT2D eigenvalue weighted by atomic mass is 16.5. The van der Waals surface area contributed by atoms with Gasteiger partial charge >= 0.3 is 0 Å². The third kappa shape index (κ3) is 3.71. The molecule has 1 heterocycles. The van der Waals surface area contributed by atoms with Gasteiger partial charge in [0.15, 0.2) is 0 Å². The molecule has 1 aliphatic rings. The van der Waals surface area contributed by atoms with Crippen LogP contribution in [-0.4, -0.2) is 38.2 Å². The molecule has 0 spiro atoms. The first-order chi connectivity index (χ1) is 9.24. The molecule has 106 valence electrons. The van der Waals surface area contributed by atoms with Gasteiger partial charge in [-0.3, -0.25) is 4.90 Å². The van der Waals surface area contributed by atoms with E-state index in [2.05, 4.69) is 35.3 Å². The summed E-state index contributed by atoms with van der Waals surface area (Å²) in [7, 11) is 3.76. The zero-order valence-corrected chi connectivity index (χ0v) is 12.4. The molecule has 0 aliphatic carbocycles. The summed E-state index contributed by atoms with van der Waals surface area (Å²) in [6.45, 7) is 4.64. The standard InChI is InChI=1S/C16H26N2O/c1-13-7-4-5-10-18(13)12-16(17-2)14-8-6-9-15(11-14)19-3/h6,8-9,11,13,16-17H,4-5,7,10,12H2,1-3H3. The molecule has 1 saturated heterocycles. The third-order valence-corrected chi connectivity index (χ3v) is 4.20. The Bertz CT molecular complexity index is 394. The monoisotopic (exact) mass is 262 g/mol. The number of nitrogens with one attached hydrogen (secondary N) is 1. The Morgan fingerprint density at radius 2 is 2.26 bits per heavy atom. The maximum atomic E-state index is 5.32. The molecule has 2 rings (SSSR count). The summed E-state index contributed by atoms with van der Waals surface area (Å²) in [4.78, 5) is 2.60. The molecule has 0 bridgehead atoms. The van der Waals surface area contributed by atoms with Crippen LogP contribution in [0.25, 0.3) is 0 Å². The highest BCUT2D eigenvalue weighted by Gasteiger charge is 2.22. The smallest absolute Gasteiger partial charge is 0.119 e. The van der Waals surface area contributed by atoms with Gasteiger partial charge in [-0.15, -0.1) is 0 Å². The van der Waals surface area contributed by atoms with E-state index in [0.29, 0.717) is 12.1 Å². The minimum absolute atomic E-state index is 0.371. The van der Waals surface area contributed by atoms with E-state index in [9.17, 15) is 0 Å². The van der Waals surface area contributed by atoms with E-state index in [1.807, 2.05) is 13.1 Å². The van der Waals surface area contributed by atoms with E-state index < -0.39 is 0 Å². The predicted molar refractivity (Wildman–Crippen MR) is 79.7 cm³/mol. The fourth-order valence-electron chi connectivity index (χ4n) is 2.88. The van der Waals surface area contributed by atoms with Crippen LogP contribution in [0.1, 0.15) is 37.8 Å². The summed E-state index contributed by atoms with van der Waals surface area (Å²) in [6, 6.07) is 9.46. The fraction of sp³-hybridized carbons (Fsp3) is 0.625. The number of hydrogen-bond acceptors (Lipinski definition) is 3. The van der Waals surface area contributed by atoms with E-state index in [1.54, 1.807) is 7.11 Å². The average Bonchev–Trinajstić information content (AvgIpc) is 2.46. The van der Waals surface area contributed by atoms with Crippen LogP contribution in [0.15, 0.2) is 24.3 Å². The number of likely N-dealkylation sites (tertiary alicyclic amines) is 1. The summed E-state index contributed by atoms with van der Waals surface area (Å²) in [6.07, 6.45) is 4.04. The van der Waals surface area contributed by atoms with Crippen molar-refractivity contribution < 1.29 is 4.74 Å². The van der Waals surface area contributed by atoms with Crippen molar-refractivity contribution >= 4 is 0 Å². The first-order valence-electron chi connectivity index (χ1n) is 7.30. The number of likely N-dealkylation sites (N-methyl/N-ethyl adjacent to an activating group) is 1. The van der Waals surface area contributed by atoms with Crippen LogP contribution in [0.4, 0.5) is 0 Å². The largest absolute Gasteiger partial charge is 0.497 e. The Kier molecular flexibility index (Phi) is 5.23. The van der Waals surface area contributed by atoms with Crippen molar-refractivity contribution in [3.63, 3.8) is 0 Å². The molecule has 1 aliphatic heterocycles. The second-order valence-electron chi connectivity index (χ2n) is 5.46. The molecule has 1 aromatic carbocycles. The zero-order valence-electron chi connectivity index (χ0n) is 12.4. The topological polar surface area (TPSA) is 24.5 Å². The first kappa shape index (κ1) is 14.4. The summed E-state index contributed by atoms with van der Waals surface area (Å²) in [5, 5.41) is 3.44. The van der Waals surface area contributed by atoms with Gasteiger partial charge < -0.3 is 10.1 Å². The molecule has 1 N–H and O–H groups in total. The van der Waals surface area contributed by atoms with E-state index in [1.165, 1.54) is 31.4 Å². The van der Waals surface area contributed by atoms with Gasteiger partial charge in [-0.25, -0.2) is 0 Å². The Balaban J connectivity index is 2.06. The van der Waals surface area contributed by atoms with Gasteiger partial charge in [0.05, 0.1) is 7.11 Å². The number of piperidine rings is 1. The maximum absolute atomic E-state index is 5.32. The van der Waals surface area contributed by atoms with Gasteiger partial charge in [0.2, 0.25) is 0 Å². The number of methoxy groups -OCH3 is 1. The highest BCUT2D eigenvalue weighted by Crippen LogP contribution is 2.23. The van der Waals surface area contributed by atoms with Crippen molar-refractivity contribution in [3.05, 3.63) is 29.8 Å². The molecule has 0 aromatic heterocycles. The molecule has 0 saturated carbocycles. The molecule has 3 nitrogen and oxygen atoms in total. The quantitative estimate of drug-likeness (QED) is 0.883. The number of ether oxygens (including phenoxy) is 1. The van der Waals surface area contributed by atoms with Crippen LogP contribution in [0, 0.1) is 0 Å². The van der Waals surface area contributed by atoms with Crippen LogP contribution >= 0.6 is 0 Å². The van der Waals surface area contributed by atoms with Crippen molar-refractivity contribution in [2.24, 2.45) is 0 Å². The first-order valence-corrected chi connectivity index (χ1v) is 7.30. The third-order valence-electron chi connectivity index (χ3n) is 4.20. The Labute approximate surface area is 116 Å². The highest BCUT2D eigenvalue weighted by molar-refractivity contribution is 5.30. The molecule has 1 fully saturated rings. The number of benzene rings is 1. The van der Waals surface area contributed by atoms with E-state index >= 15 is 0 Å². The second-order valence-corrected chi connectivity index (χ2v) is 5.46. The molecule has 0 amide bonds. The molecular weight excluding hydrogens is 236 g/mol. The lowest BCUT2D eigenvalue weighted by atomic mass is 10.0. The maximum Gasteiger partial charge on any atom is 0.119 e. The molecule has 1 aromatic rings. The molecule has 3 heteroatoms. The summed E-state index contributed by atoms with van der Waals surface area (Å²) >= 11 is 0. The summed E-state index contributed by atoms with van der Waals surface area (Å²) in [5.74, 6) is 0.935. The van der Waals surface area contributed by atoms with E-state index in [-0.39, 0.29) is 0 Å². The van der Waals surface area contributed by atoms with Gasteiger partial charge in [0.1, 0.15) is 5.75 Å². The lowest BCUT2D eigenvalue weighted by Gasteiger charge is -2.36. The van der Waals surface area contributed by atoms with Crippen LogP contribution in [-0.2, 0) is 0 Å². The number of hydrogen-bond donors (Lipinski definition) is 1. The van der Waals surface area contributed by atoms with Crippen molar-refractivity contribution in [1.82, 2.24) is 10.2 Å².